The first-order valence-corrected chi connectivity index (χ1v) is 9.74. The zero-order chi connectivity index (χ0) is 19.8. The highest BCUT2D eigenvalue weighted by Crippen LogP contribution is 2.36. The summed E-state index contributed by atoms with van der Waals surface area (Å²) in [6.07, 6.45) is 1.17. The lowest BCUT2D eigenvalue weighted by Crippen LogP contribution is -2.33. The van der Waals surface area contributed by atoms with E-state index in [0.717, 1.165) is 29.0 Å². The quantitative estimate of drug-likeness (QED) is 0.533. The SMILES string of the molecule is CN(C)CCC(O)(Cc1ccccc1)c1ccccc1OCc1ccccc1.Cl. The van der Waals surface area contributed by atoms with Crippen LogP contribution in [0.1, 0.15) is 23.1 Å². The molecule has 3 aromatic rings. The van der Waals surface area contributed by atoms with Crippen LogP contribution in [0.4, 0.5) is 0 Å². The smallest absolute Gasteiger partial charge is 0.125 e. The van der Waals surface area contributed by atoms with Crippen LogP contribution in [0.3, 0.4) is 0 Å². The number of rotatable bonds is 9. The lowest BCUT2D eigenvalue weighted by atomic mass is 9.83. The molecule has 0 fully saturated rings. The molecule has 0 saturated heterocycles. The fourth-order valence-corrected chi connectivity index (χ4v) is 3.37. The van der Waals surface area contributed by atoms with Crippen molar-refractivity contribution in [3.8, 4) is 5.75 Å². The normalized spacial score (nSPS) is 12.8. The number of halogens is 1. The maximum Gasteiger partial charge on any atom is 0.125 e. The molecule has 154 valence electrons. The van der Waals surface area contributed by atoms with Gasteiger partial charge in [0.2, 0.25) is 0 Å². The fourth-order valence-electron chi connectivity index (χ4n) is 3.37. The van der Waals surface area contributed by atoms with E-state index in [1.807, 2.05) is 86.9 Å². The van der Waals surface area contributed by atoms with Crippen molar-refractivity contribution in [1.82, 2.24) is 4.90 Å². The molecule has 4 heteroatoms. The molecular formula is C25H30ClNO2. The Kier molecular flexibility index (Phi) is 8.71. The van der Waals surface area contributed by atoms with Gasteiger partial charge in [0.15, 0.2) is 0 Å². The largest absolute Gasteiger partial charge is 0.489 e. The third kappa shape index (κ3) is 6.60. The van der Waals surface area contributed by atoms with Gasteiger partial charge in [-0.25, -0.2) is 0 Å². The summed E-state index contributed by atoms with van der Waals surface area (Å²) in [6, 6.07) is 28.1. The monoisotopic (exact) mass is 411 g/mol. The highest BCUT2D eigenvalue weighted by atomic mass is 35.5. The molecule has 3 nitrogen and oxygen atoms in total. The molecule has 3 rings (SSSR count). The standard InChI is InChI=1S/C25H29NO2.ClH/c1-26(2)18-17-25(27,19-21-11-5-3-6-12-21)23-15-9-10-16-24(23)28-20-22-13-7-4-8-14-22;/h3-16,27H,17-20H2,1-2H3;1H. The van der Waals surface area contributed by atoms with Crippen LogP contribution in [0.25, 0.3) is 0 Å². The first-order chi connectivity index (χ1) is 13.6. The van der Waals surface area contributed by atoms with E-state index in [1.165, 1.54) is 0 Å². The zero-order valence-electron chi connectivity index (χ0n) is 17.1. The van der Waals surface area contributed by atoms with E-state index >= 15 is 0 Å². The first kappa shape index (κ1) is 23.0. The number of hydrogen-bond acceptors (Lipinski definition) is 3. The molecule has 1 N–H and O–H groups in total. The van der Waals surface area contributed by atoms with Crippen LogP contribution >= 0.6 is 12.4 Å². The van der Waals surface area contributed by atoms with Gasteiger partial charge in [-0.3, -0.25) is 0 Å². The van der Waals surface area contributed by atoms with Crippen molar-refractivity contribution < 1.29 is 9.84 Å². The average molecular weight is 412 g/mol. The maximum absolute atomic E-state index is 11.8. The van der Waals surface area contributed by atoms with Gasteiger partial charge in [0.25, 0.3) is 0 Å². The molecule has 0 heterocycles. The van der Waals surface area contributed by atoms with Gasteiger partial charge in [0, 0.05) is 18.5 Å². The number of ether oxygens (including phenoxy) is 1. The summed E-state index contributed by atoms with van der Waals surface area (Å²) in [6.45, 7) is 1.27. The Morgan fingerprint density at radius 2 is 1.34 bits per heavy atom. The summed E-state index contributed by atoms with van der Waals surface area (Å²) in [5.74, 6) is 0.739. The van der Waals surface area contributed by atoms with Crippen LogP contribution in [-0.2, 0) is 18.6 Å². The van der Waals surface area contributed by atoms with Gasteiger partial charge in [0.1, 0.15) is 12.4 Å². The Balaban J connectivity index is 0.00000300. The number of aliphatic hydroxyl groups is 1. The molecule has 3 aromatic carbocycles. The van der Waals surface area contributed by atoms with Crippen LogP contribution in [0.15, 0.2) is 84.9 Å². The van der Waals surface area contributed by atoms with Gasteiger partial charge in [-0.1, -0.05) is 78.9 Å². The van der Waals surface area contributed by atoms with Gasteiger partial charge in [-0.2, -0.15) is 0 Å². The minimum atomic E-state index is -1.00. The number of nitrogens with zero attached hydrogens (tertiary/aromatic N) is 1. The molecule has 1 atom stereocenters. The molecule has 0 radical (unpaired) electrons. The molecule has 0 aliphatic heterocycles. The van der Waals surface area contributed by atoms with Crippen LogP contribution in [-0.4, -0.2) is 30.6 Å². The Bertz CT molecular complexity index is 855. The van der Waals surface area contributed by atoms with E-state index in [4.69, 9.17) is 4.74 Å². The summed E-state index contributed by atoms with van der Waals surface area (Å²) in [7, 11) is 4.06. The van der Waals surface area contributed by atoms with E-state index in [9.17, 15) is 5.11 Å². The summed E-state index contributed by atoms with van der Waals surface area (Å²) in [5, 5.41) is 11.8. The minimum Gasteiger partial charge on any atom is -0.489 e. The van der Waals surface area contributed by atoms with Crippen molar-refractivity contribution in [2.75, 3.05) is 20.6 Å². The first-order valence-electron chi connectivity index (χ1n) is 9.74. The molecule has 0 amide bonds. The zero-order valence-corrected chi connectivity index (χ0v) is 17.9. The summed E-state index contributed by atoms with van der Waals surface area (Å²) in [4.78, 5) is 2.10. The predicted molar refractivity (Wildman–Crippen MR) is 122 cm³/mol. The molecule has 0 aliphatic carbocycles. The summed E-state index contributed by atoms with van der Waals surface area (Å²) in [5.41, 5.74) is 2.06. The molecule has 0 saturated carbocycles. The predicted octanol–water partition coefficient (Wildman–Crippen LogP) is 5.07. The van der Waals surface area contributed by atoms with E-state index < -0.39 is 5.60 Å². The third-order valence-electron chi connectivity index (χ3n) is 4.94. The second kappa shape index (κ2) is 11.0. The lowest BCUT2D eigenvalue weighted by Gasteiger charge is -2.32. The molecule has 1 unspecified atom stereocenters. The fraction of sp³-hybridized carbons (Fsp3) is 0.280. The topological polar surface area (TPSA) is 32.7 Å². The van der Waals surface area contributed by atoms with Crippen LogP contribution in [0.2, 0.25) is 0 Å². The summed E-state index contributed by atoms with van der Waals surface area (Å²) < 4.78 is 6.14. The second-order valence-electron chi connectivity index (χ2n) is 7.52. The lowest BCUT2D eigenvalue weighted by molar-refractivity contribution is 0.0183. The number of para-hydroxylation sites is 1. The third-order valence-corrected chi connectivity index (χ3v) is 4.94. The Morgan fingerprint density at radius 3 is 1.97 bits per heavy atom. The van der Waals surface area contributed by atoms with Gasteiger partial charge >= 0.3 is 0 Å². The van der Waals surface area contributed by atoms with Crippen molar-refractivity contribution in [3.63, 3.8) is 0 Å². The van der Waals surface area contributed by atoms with Gasteiger partial charge in [-0.15, -0.1) is 12.4 Å². The molecule has 0 aliphatic rings. The van der Waals surface area contributed by atoms with Crippen molar-refractivity contribution >= 4 is 12.4 Å². The Labute approximate surface area is 180 Å². The van der Waals surface area contributed by atoms with Crippen molar-refractivity contribution in [2.45, 2.75) is 25.0 Å². The van der Waals surface area contributed by atoms with Gasteiger partial charge < -0.3 is 14.7 Å². The highest BCUT2D eigenvalue weighted by molar-refractivity contribution is 5.85. The molecule has 0 spiro atoms. The Morgan fingerprint density at radius 1 is 0.793 bits per heavy atom. The molecule has 29 heavy (non-hydrogen) atoms. The van der Waals surface area contributed by atoms with Crippen molar-refractivity contribution in [2.24, 2.45) is 0 Å². The second-order valence-corrected chi connectivity index (χ2v) is 7.52. The highest BCUT2D eigenvalue weighted by Gasteiger charge is 2.32. The molecule has 0 aromatic heterocycles. The Hall–Kier alpha value is -2.33. The van der Waals surface area contributed by atoms with E-state index in [-0.39, 0.29) is 12.4 Å². The van der Waals surface area contributed by atoms with Crippen molar-refractivity contribution in [3.05, 3.63) is 102 Å². The van der Waals surface area contributed by atoms with E-state index in [1.54, 1.807) is 0 Å². The van der Waals surface area contributed by atoms with Crippen LogP contribution < -0.4 is 4.74 Å². The number of hydrogen-bond donors (Lipinski definition) is 1. The molecular weight excluding hydrogens is 382 g/mol. The van der Waals surface area contributed by atoms with E-state index in [2.05, 4.69) is 17.0 Å². The molecule has 0 bridgehead atoms. The minimum absolute atomic E-state index is 0. The van der Waals surface area contributed by atoms with Crippen molar-refractivity contribution in [1.29, 1.82) is 0 Å². The maximum atomic E-state index is 11.8. The van der Waals surface area contributed by atoms with Crippen LogP contribution in [0, 0.1) is 0 Å². The van der Waals surface area contributed by atoms with Crippen LogP contribution in [0.5, 0.6) is 5.75 Å². The van der Waals surface area contributed by atoms with Gasteiger partial charge in [-0.05, 0) is 37.7 Å². The van der Waals surface area contributed by atoms with Gasteiger partial charge in [0.05, 0.1) is 5.60 Å². The van der Waals surface area contributed by atoms with E-state index in [0.29, 0.717) is 19.4 Å². The number of benzene rings is 3. The summed E-state index contributed by atoms with van der Waals surface area (Å²) >= 11 is 0. The average Bonchev–Trinajstić information content (AvgIpc) is 2.72.